The number of thioether (sulfide) groups is 2. The van der Waals surface area contributed by atoms with Crippen LogP contribution >= 0.6 is 35.9 Å². The third-order valence-electron chi connectivity index (χ3n) is 15.8. The van der Waals surface area contributed by atoms with Gasteiger partial charge in [0.2, 0.25) is 23.6 Å². The molecule has 8 rings (SSSR count). The number of carbonyl (C=O) groups excluding carboxylic acids is 7. The van der Waals surface area contributed by atoms with Crippen molar-refractivity contribution in [3.05, 3.63) is 46.5 Å². The Morgan fingerprint density at radius 2 is 1.08 bits per heavy atom. The summed E-state index contributed by atoms with van der Waals surface area (Å²) in [4.78, 5) is 103. The number of piperidine rings is 1. The van der Waals surface area contributed by atoms with Gasteiger partial charge in [0.25, 0.3) is 11.8 Å². The molecule has 0 bridgehead atoms. The average molecular weight is 1110 g/mol. The van der Waals surface area contributed by atoms with E-state index in [0.29, 0.717) is 63.2 Å². The van der Waals surface area contributed by atoms with Crippen LogP contribution in [0.15, 0.2) is 34.1 Å². The number of nitrogens with zero attached hydrogens (tertiary/aromatic N) is 5. The first-order chi connectivity index (χ1) is 35.5. The van der Waals surface area contributed by atoms with E-state index in [-0.39, 0.29) is 82.9 Å². The number of likely N-dealkylation sites (tertiary alicyclic amines) is 1. The molecule has 3 aliphatic carbocycles. The summed E-state index contributed by atoms with van der Waals surface area (Å²) >= 11 is 3.30. The first-order valence-corrected chi connectivity index (χ1v) is 29.6. The molecule has 3 heterocycles. The summed E-state index contributed by atoms with van der Waals surface area (Å²) in [6.07, 6.45) is 13.3. The van der Waals surface area contributed by atoms with Crippen LogP contribution in [-0.4, -0.2) is 135 Å². The summed E-state index contributed by atoms with van der Waals surface area (Å²) < 4.78 is 4.79. The van der Waals surface area contributed by atoms with Gasteiger partial charge in [-0.25, -0.2) is 4.79 Å². The Hall–Kier alpha value is -4.48. The van der Waals surface area contributed by atoms with E-state index in [2.05, 4.69) is 35.4 Å². The highest BCUT2D eigenvalue weighted by Gasteiger charge is 2.53. The van der Waals surface area contributed by atoms with Gasteiger partial charge in [0.05, 0.1) is 26.9 Å². The molecule has 3 aliphatic heterocycles. The lowest BCUT2D eigenvalue weighted by Crippen LogP contribution is -2.55. The van der Waals surface area contributed by atoms with E-state index in [4.69, 9.17) is 4.74 Å². The van der Waals surface area contributed by atoms with Crippen LogP contribution in [0.2, 0.25) is 0 Å². The third kappa shape index (κ3) is 13.3. The number of carbonyl (C=O) groups is 7. The van der Waals surface area contributed by atoms with Crippen LogP contribution in [0.25, 0.3) is 0 Å². The SMILES string of the molecule is CCC(=O)NCCN1C(=O)C2(CCC2)Sc2cc(C)c(C(=O)N(C(C)C)C3CCCCC3)cc21.CCC(=O)NCCN1C(=O)C2(CCC2)Sc2cc(C)c(C(=O)N(C(C)C)[C@@H]3CCCN(C(=O)OC(C)(C)C)C3)cc21.Cl. The zero-order valence-corrected chi connectivity index (χ0v) is 49.6. The van der Waals surface area contributed by atoms with E-state index in [1.54, 1.807) is 40.2 Å². The van der Waals surface area contributed by atoms with Crippen molar-refractivity contribution in [3.63, 3.8) is 0 Å². The fourth-order valence-corrected chi connectivity index (χ4v) is 14.7. The van der Waals surface area contributed by atoms with Crippen LogP contribution in [0.4, 0.5) is 16.2 Å². The molecule has 15 nitrogen and oxygen atoms in total. The van der Waals surface area contributed by atoms with E-state index in [9.17, 15) is 33.6 Å². The van der Waals surface area contributed by atoms with Crippen LogP contribution < -0.4 is 20.4 Å². The zero-order valence-electron chi connectivity index (χ0n) is 47.2. The second kappa shape index (κ2) is 25.5. The molecular weight excluding hydrogens is 1020 g/mol. The predicted octanol–water partition coefficient (Wildman–Crippen LogP) is 10.6. The molecule has 6 aliphatic rings. The quantitative estimate of drug-likeness (QED) is 0.186. The van der Waals surface area contributed by atoms with Crippen molar-refractivity contribution < 1.29 is 38.3 Å². The number of hydrogen-bond donors (Lipinski definition) is 2. The highest BCUT2D eigenvalue weighted by atomic mass is 35.5. The van der Waals surface area contributed by atoms with E-state index in [0.717, 1.165) is 96.5 Å². The monoisotopic (exact) mass is 1110 g/mol. The van der Waals surface area contributed by atoms with E-state index in [1.165, 1.54) is 19.3 Å². The van der Waals surface area contributed by atoms with Gasteiger partial charge in [0, 0.05) is 91.2 Å². The molecule has 0 unspecified atom stereocenters. The van der Waals surface area contributed by atoms with E-state index < -0.39 is 10.3 Å². The van der Waals surface area contributed by atoms with Gasteiger partial charge in [-0.2, -0.15) is 0 Å². The number of halogens is 1. The second-order valence-electron chi connectivity index (χ2n) is 23.1. The summed E-state index contributed by atoms with van der Waals surface area (Å²) in [6.45, 7) is 23.9. The molecule has 420 valence electrons. The zero-order chi connectivity index (χ0) is 54.6. The summed E-state index contributed by atoms with van der Waals surface area (Å²) in [5.74, 6) is 0.0900. The Balaban J connectivity index is 0.000000247. The van der Waals surface area contributed by atoms with Crippen LogP contribution in [0.3, 0.4) is 0 Å². The number of fused-ring (bicyclic) bond motifs is 2. The first kappa shape index (κ1) is 60.7. The predicted molar refractivity (Wildman–Crippen MR) is 306 cm³/mol. The normalized spacial score (nSPS) is 19.6. The Bertz CT molecular complexity index is 2480. The van der Waals surface area contributed by atoms with Gasteiger partial charge in [0.1, 0.15) is 5.60 Å². The molecule has 4 fully saturated rings. The van der Waals surface area contributed by atoms with Crippen LogP contribution in [0.1, 0.15) is 190 Å². The van der Waals surface area contributed by atoms with Crippen molar-refractivity contribution in [1.82, 2.24) is 25.3 Å². The molecule has 18 heteroatoms. The Morgan fingerprint density at radius 1 is 0.658 bits per heavy atom. The largest absolute Gasteiger partial charge is 0.444 e. The maximum Gasteiger partial charge on any atom is 0.410 e. The number of hydrogen-bond acceptors (Lipinski definition) is 10. The van der Waals surface area contributed by atoms with Crippen LogP contribution in [0.5, 0.6) is 0 Å². The lowest BCUT2D eigenvalue weighted by Gasteiger charge is -2.47. The number of amides is 7. The van der Waals surface area contributed by atoms with E-state index in [1.807, 2.05) is 83.4 Å². The van der Waals surface area contributed by atoms with Crippen molar-refractivity contribution >= 4 is 88.8 Å². The molecule has 2 aromatic rings. The van der Waals surface area contributed by atoms with Crippen molar-refractivity contribution in [1.29, 1.82) is 0 Å². The van der Waals surface area contributed by atoms with Gasteiger partial charge >= 0.3 is 6.09 Å². The molecule has 0 aromatic heterocycles. The highest BCUT2D eigenvalue weighted by molar-refractivity contribution is 8.02. The summed E-state index contributed by atoms with van der Waals surface area (Å²) in [5, 5.41) is 5.79. The fraction of sp³-hybridized carbons (Fsp3) is 0.672. The number of rotatable bonds is 14. The number of ether oxygens (including phenoxy) is 1. The van der Waals surface area contributed by atoms with Gasteiger partial charge in [-0.15, -0.1) is 35.9 Å². The smallest absolute Gasteiger partial charge is 0.410 e. The number of benzene rings is 2. The minimum atomic E-state index is -0.587. The van der Waals surface area contributed by atoms with E-state index >= 15 is 0 Å². The second-order valence-corrected chi connectivity index (χ2v) is 26.0. The molecule has 1 saturated heterocycles. The fourth-order valence-electron chi connectivity index (χ4n) is 11.5. The first-order valence-electron chi connectivity index (χ1n) is 28.0. The summed E-state index contributed by atoms with van der Waals surface area (Å²) in [6, 6.07) is 8.15. The molecule has 7 amide bonds. The van der Waals surface area contributed by atoms with Crippen molar-refractivity contribution in [3.8, 4) is 0 Å². The number of nitrogens with one attached hydrogen (secondary N) is 2. The minimum absolute atomic E-state index is 0. The molecule has 2 aromatic carbocycles. The molecule has 2 N–H and O–H groups in total. The topological polar surface area (TPSA) is 169 Å². The van der Waals surface area contributed by atoms with Gasteiger partial charge in [-0.3, -0.25) is 28.8 Å². The van der Waals surface area contributed by atoms with Gasteiger partial charge < -0.3 is 39.9 Å². The lowest BCUT2D eigenvalue weighted by atomic mass is 9.82. The standard InChI is InChI=1S/C31H46N4O5S.C27H39N3O3S.ClH/c1-8-26(36)32-14-16-34-24-18-23(21(4)17-25(24)41-31(28(34)38)12-10-13-31)27(37)35(20(2)3)22-11-9-15-33(19-22)29(39)40-30(5,6)7;1-5-24(31)28-14-15-29-22-17-21(25(32)30(18(2)3)20-10-7-6-8-11-20)19(4)16-23(22)34-27(26(29)33)12-9-13-27;/h17-18,20,22H,8-16,19H2,1-7H3,(H,32,36);16-18,20H,5-15H2,1-4H3,(H,28,31);1H/t22-;;/m1../s1. The highest BCUT2D eigenvalue weighted by Crippen LogP contribution is 2.56. The van der Waals surface area contributed by atoms with Gasteiger partial charge in [0.15, 0.2) is 0 Å². The number of aryl methyl sites for hydroxylation is 2. The third-order valence-corrected chi connectivity index (χ3v) is 18.8. The van der Waals surface area contributed by atoms with Crippen LogP contribution in [0, 0.1) is 13.8 Å². The summed E-state index contributed by atoms with van der Waals surface area (Å²) in [7, 11) is 0. The molecule has 76 heavy (non-hydrogen) atoms. The molecule has 0 radical (unpaired) electrons. The van der Waals surface area contributed by atoms with Gasteiger partial charge in [-0.1, -0.05) is 33.1 Å². The van der Waals surface area contributed by atoms with Crippen molar-refractivity contribution in [2.24, 2.45) is 0 Å². The lowest BCUT2D eigenvalue weighted by molar-refractivity contribution is -0.124. The average Bonchev–Trinajstić information content (AvgIpc) is 3.33. The maximum atomic E-state index is 14.2. The molecule has 1 atom stereocenters. The molecule has 2 spiro atoms. The number of anilines is 2. The van der Waals surface area contributed by atoms with Gasteiger partial charge in [-0.05, 0) is 162 Å². The molecule has 3 saturated carbocycles. The van der Waals surface area contributed by atoms with Crippen LogP contribution in [-0.2, 0) is 23.9 Å². The minimum Gasteiger partial charge on any atom is -0.444 e. The summed E-state index contributed by atoms with van der Waals surface area (Å²) in [5.41, 5.74) is 4.07. The Labute approximate surface area is 467 Å². The molecular formula is C58H86ClN7O8S2. The maximum absolute atomic E-state index is 14.2. The van der Waals surface area contributed by atoms with Crippen molar-refractivity contribution in [2.75, 3.05) is 49.1 Å². The Kier molecular flexibility index (Phi) is 20.4. The Morgan fingerprint density at radius 3 is 1.46 bits per heavy atom. The van der Waals surface area contributed by atoms with Crippen molar-refractivity contribution in [2.45, 2.75) is 222 Å².